The Hall–Kier alpha value is -2.61. The van der Waals surface area contributed by atoms with E-state index < -0.39 is 11.7 Å². The molecular weight excluding hydrogens is 488 g/mol. The number of imidazole rings is 1. The van der Waals surface area contributed by atoms with E-state index in [9.17, 15) is 13.2 Å². The molecule has 144 valence electrons. The van der Waals surface area contributed by atoms with Crippen molar-refractivity contribution in [2.45, 2.75) is 6.18 Å². The number of hydrogen-bond donors (Lipinski definition) is 0. The average Bonchev–Trinajstić information content (AvgIpc) is 2.99. The molecule has 0 unspecified atom stereocenters. The highest BCUT2D eigenvalue weighted by Gasteiger charge is 2.31. The van der Waals surface area contributed by atoms with Gasteiger partial charge in [0, 0.05) is 10.8 Å². The number of hydrogen-bond acceptors (Lipinski definition) is 0. The topological polar surface area (TPSA) is 8.81 Å². The largest absolute Gasteiger partial charge is 0.416 e. The molecule has 0 aliphatic heterocycles. The number of aryl methyl sites for hydroxylation is 1. The predicted molar refractivity (Wildman–Crippen MR) is 117 cm³/mol. The molecule has 1 aromatic heterocycles. The molecule has 5 aromatic rings. The minimum Gasteiger partial charge on any atom is -0.220 e. The lowest BCUT2D eigenvalue weighted by molar-refractivity contribution is -0.658. The Balaban J connectivity index is 1.94. The van der Waals surface area contributed by atoms with Crippen molar-refractivity contribution in [1.82, 2.24) is 4.57 Å². The molecule has 1 heterocycles. The van der Waals surface area contributed by atoms with Crippen molar-refractivity contribution >= 4 is 55.2 Å². The molecule has 4 aromatic carbocycles. The number of fused-ring (bicyclic) bond motifs is 6. The van der Waals surface area contributed by atoms with Gasteiger partial charge in [0.25, 0.3) is 0 Å². The van der Waals surface area contributed by atoms with Gasteiger partial charge in [0.2, 0.25) is 0 Å². The van der Waals surface area contributed by atoms with Gasteiger partial charge in [-0.1, -0.05) is 36.4 Å². The van der Waals surface area contributed by atoms with Gasteiger partial charge in [-0.15, -0.1) is 0 Å². The molecule has 0 N–H and O–H groups in total. The third kappa shape index (κ3) is 2.73. The van der Waals surface area contributed by atoms with E-state index in [0.717, 1.165) is 48.5 Å². The van der Waals surface area contributed by atoms with Crippen LogP contribution in [0.25, 0.3) is 38.3 Å². The first kappa shape index (κ1) is 18.4. The van der Waals surface area contributed by atoms with Crippen LogP contribution < -0.4 is 4.57 Å². The molecule has 0 fully saturated rings. The van der Waals surface area contributed by atoms with Gasteiger partial charge in [0.15, 0.2) is 11.0 Å². The highest BCUT2D eigenvalue weighted by molar-refractivity contribution is 14.1. The van der Waals surface area contributed by atoms with E-state index in [2.05, 4.69) is 51.4 Å². The van der Waals surface area contributed by atoms with Gasteiger partial charge < -0.3 is 0 Å². The Morgan fingerprint density at radius 1 is 0.759 bits per heavy atom. The number of halogens is 4. The minimum absolute atomic E-state index is 0.646. The first-order chi connectivity index (χ1) is 13.9. The summed E-state index contributed by atoms with van der Waals surface area (Å²) in [6, 6.07) is 21.8. The van der Waals surface area contributed by atoms with Crippen LogP contribution in [0.3, 0.4) is 0 Å². The summed E-state index contributed by atoms with van der Waals surface area (Å²) in [5.41, 5.74) is 2.11. The summed E-state index contributed by atoms with van der Waals surface area (Å²) < 4.78 is 44.1. The molecule has 2 nitrogen and oxygen atoms in total. The van der Waals surface area contributed by atoms with Crippen LogP contribution in [-0.4, -0.2) is 4.57 Å². The third-order valence-corrected chi connectivity index (χ3v) is 6.56. The molecule has 0 bridgehead atoms. The van der Waals surface area contributed by atoms with Crippen molar-refractivity contribution in [2.75, 3.05) is 0 Å². The maximum Gasteiger partial charge on any atom is 0.416 e. The summed E-state index contributed by atoms with van der Waals surface area (Å²) in [5.74, 6) is 0. The second-order valence-electron chi connectivity index (χ2n) is 7.00. The summed E-state index contributed by atoms with van der Waals surface area (Å²) in [4.78, 5) is 0. The van der Waals surface area contributed by atoms with Crippen LogP contribution in [0.15, 0.2) is 72.8 Å². The van der Waals surface area contributed by atoms with Crippen LogP contribution in [0.1, 0.15) is 5.56 Å². The monoisotopic (exact) mass is 503 g/mol. The van der Waals surface area contributed by atoms with E-state index in [4.69, 9.17) is 0 Å². The molecule has 0 atom stereocenters. The Labute approximate surface area is 178 Å². The van der Waals surface area contributed by atoms with Gasteiger partial charge in [-0.2, -0.15) is 17.7 Å². The van der Waals surface area contributed by atoms with Gasteiger partial charge in [0.05, 0.1) is 35.2 Å². The van der Waals surface area contributed by atoms with Gasteiger partial charge in [-0.05, 0) is 47.2 Å². The molecular formula is C23H15F3IN2+. The molecule has 0 aliphatic carbocycles. The quantitative estimate of drug-likeness (QED) is 0.143. The van der Waals surface area contributed by atoms with E-state index in [1.807, 2.05) is 35.9 Å². The zero-order valence-corrected chi connectivity index (χ0v) is 17.5. The lowest BCUT2D eigenvalue weighted by Crippen LogP contribution is -2.31. The zero-order valence-electron chi connectivity index (χ0n) is 15.3. The second kappa shape index (κ2) is 6.45. The van der Waals surface area contributed by atoms with Crippen molar-refractivity contribution in [3.05, 3.63) is 82.2 Å². The summed E-state index contributed by atoms with van der Waals surface area (Å²) in [7, 11) is 1.99. The zero-order chi connectivity index (χ0) is 20.3. The Bertz CT molecular complexity index is 1400. The molecule has 0 amide bonds. The summed E-state index contributed by atoms with van der Waals surface area (Å²) >= 11 is 2.26. The van der Waals surface area contributed by atoms with Crippen molar-refractivity contribution in [2.24, 2.45) is 7.05 Å². The first-order valence-electron chi connectivity index (χ1n) is 9.05. The summed E-state index contributed by atoms with van der Waals surface area (Å²) in [5, 5.41) is 4.47. The molecule has 29 heavy (non-hydrogen) atoms. The molecule has 0 aliphatic rings. The Kier molecular flexibility index (Phi) is 4.10. The highest BCUT2D eigenvalue weighted by Crippen LogP contribution is 2.36. The van der Waals surface area contributed by atoms with Crippen molar-refractivity contribution < 1.29 is 17.7 Å². The first-order valence-corrected chi connectivity index (χ1v) is 10.1. The fourth-order valence-corrected chi connectivity index (χ4v) is 4.80. The summed E-state index contributed by atoms with van der Waals surface area (Å²) in [6.45, 7) is 0. The predicted octanol–water partition coefficient (Wildman–Crippen LogP) is 6.38. The SMILES string of the molecule is C[n+]1c(I)n(-c2ccc(C(F)(F)F)cc2)c2c3ccccc3c3ccccc3c21. The van der Waals surface area contributed by atoms with Crippen LogP contribution in [0, 0.1) is 3.83 Å². The third-order valence-electron chi connectivity index (χ3n) is 5.35. The van der Waals surface area contributed by atoms with Crippen molar-refractivity contribution in [3.8, 4) is 5.69 Å². The number of nitrogens with zero attached hydrogens (tertiary/aromatic N) is 2. The molecule has 0 radical (unpaired) electrons. The van der Waals surface area contributed by atoms with Crippen LogP contribution in [0.4, 0.5) is 13.2 Å². The van der Waals surface area contributed by atoms with Crippen molar-refractivity contribution in [1.29, 1.82) is 0 Å². The maximum absolute atomic E-state index is 13.0. The summed E-state index contributed by atoms with van der Waals surface area (Å²) in [6.07, 6.45) is -4.35. The normalized spacial score (nSPS) is 12.3. The molecule has 0 saturated heterocycles. The van der Waals surface area contributed by atoms with E-state index in [1.165, 1.54) is 12.1 Å². The van der Waals surface area contributed by atoms with Gasteiger partial charge in [-0.3, -0.25) is 0 Å². The standard InChI is InChI=1S/C23H15F3IN2/c1-28-20-18-8-4-2-6-16(18)17-7-3-5-9-19(17)21(20)29(22(28)27)15-12-10-14(11-13-15)23(24,25)26/h2-13H,1H3/q+1. The molecule has 0 saturated carbocycles. The van der Waals surface area contributed by atoms with E-state index in [1.54, 1.807) is 0 Å². The van der Waals surface area contributed by atoms with Gasteiger partial charge >= 0.3 is 10.0 Å². The highest BCUT2D eigenvalue weighted by atomic mass is 127. The number of alkyl halides is 3. The van der Waals surface area contributed by atoms with Crippen LogP contribution in [0.5, 0.6) is 0 Å². The number of aromatic nitrogens is 2. The lowest BCUT2D eigenvalue weighted by Gasteiger charge is -2.08. The van der Waals surface area contributed by atoms with Gasteiger partial charge in [0.1, 0.15) is 5.69 Å². The van der Waals surface area contributed by atoms with E-state index >= 15 is 0 Å². The van der Waals surface area contributed by atoms with Crippen LogP contribution in [0.2, 0.25) is 0 Å². The molecule has 5 rings (SSSR count). The number of benzene rings is 4. The van der Waals surface area contributed by atoms with Crippen LogP contribution in [-0.2, 0) is 13.2 Å². The molecule has 6 heteroatoms. The Morgan fingerprint density at radius 3 is 1.86 bits per heavy atom. The van der Waals surface area contributed by atoms with Gasteiger partial charge in [-0.25, -0.2) is 4.57 Å². The average molecular weight is 503 g/mol. The maximum atomic E-state index is 13.0. The van der Waals surface area contributed by atoms with E-state index in [0.29, 0.717) is 5.69 Å². The smallest absolute Gasteiger partial charge is 0.220 e. The van der Waals surface area contributed by atoms with E-state index in [-0.39, 0.29) is 0 Å². The molecule has 0 spiro atoms. The fourth-order valence-electron chi connectivity index (χ4n) is 4.04. The lowest BCUT2D eigenvalue weighted by atomic mass is 9.99. The van der Waals surface area contributed by atoms with Crippen LogP contribution >= 0.6 is 22.6 Å². The van der Waals surface area contributed by atoms with Crippen molar-refractivity contribution in [3.63, 3.8) is 0 Å². The Morgan fingerprint density at radius 2 is 1.28 bits per heavy atom. The minimum atomic E-state index is -4.35. The number of rotatable bonds is 1. The fraction of sp³-hybridized carbons (Fsp3) is 0.0870. The second-order valence-corrected chi connectivity index (χ2v) is 7.96.